The second-order valence-corrected chi connectivity index (χ2v) is 5.36. The molecule has 5 heteroatoms. The highest BCUT2D eigenvalue weighted by molar-refractivity contribution is 14.1. The van der Waals surface area contributed by atoms with Gasteiger partial charge >= 0.3 is 0 Å². The lowest BCUT2D eigenvalue weighted by Crippen LogP contribution is -2.15. The normalized spacial score (nSPS) is 10.1. The maximum Gasteiger partial charge on any atom is 0.227 e. The molecule has 0 fully saturated rings. The van der Waals surface area contributed by atoms with Crippen LogP contribution in [0, 0.1) is 3.57 Å². The highest BCUT2D eigenvalue weighted by atomic mass is 127. The van der Waals surface area contributed by atoms with Crippen LogP contribution in [0.2, 0.25) is 0 Å². The van der Waals surface area contributed by atoms with Crippen LogP contribution in [0.3, 0.4) is 0 Å². The van der Waals surface area contributed by atoms with Crippen LogP contribution < -0.4 is 15.8 Å². The van der Waals surface area contributed by atoms with Crippen LogP contribution in [0.25, 0.3) is 0 Å². The molecule has 0 radical (unpaired) electrons. The van der Waals surface area contributed by atoms with Crippen molar-refractivity contribution in [3.8, 4) is 5.75 Å². The van der Waals surface area contributed by atoms with E-state index in [4.69, 9.17) is 10.5 Å². The van der Waals surface area contributed by atoms with Gasteiger partial charge in [0.05, 0.1) is 16.6 Å². The molecule has 2 aromatic rings. The Kier molecular flexibility index (Phi) is 5.23. The molecule has 2 aromatic carbocycles. The zero-order valence-corrected chi connectivity index (χ0v) is 13.0. The van der Waals surface area contributed by atoms with Crippen molar-refractivity contribution in [1.29, 1.82) is 0 Å². The topological polar surface area (TPSA) is 64.3 Å². The average molecular weight is 382 g/mol. The molecule has 0 saturated heterocycles. The molecule has 0 heterocycles. The van der Waals surface area contributed by atoms with Gasteiger partial charge in [-0.05, 0) is 59.0 Å². The minimum atomic E-state index is -0.0827. The van der Waals surface area contributed by atoms with E-state index in [0.717, 1.165) is 15.0 Å². The van der Waals surface area contributed by atoms with Gasteiger partial charge in [0.15, 0.2) is 0 Å². The van der Waals surface area contributed by atoms with Gasteiger partial charge in [0.2, 0.25) is 5.91 Å². The summed E-state index contributed by atoms with van der Waals surface area (Å²) in [7, 11) is 0. The van der Waals surface area contributed by atoms with E-state index in [1.807, 2.05) is 24.3 Å². The first-order valence-corrected chi connectivity index (χ1v) is 7.26. The number of nitrogens with two attached hydrogens (primary N) is 1. The van der Waals surface area contributed by atoms with Crippen LogP contribution in [0.5, 0.6) is 5.75 Å². The SMILES string of the molecule is Nc1ccc(NC(=O)CCOc2ccccc2I)cc1. The third-order valence-electron chi connectivity index (χ3n) is 2.62. The Morgan fingerprint density at radius 2 is 1.85 bits per heavy atom. The molecule has 0 unspecified atom stereocenters. The fourth-order valence-corrected chi connectivity index (χ4v) is 2.15. The zero-order valence-electron chi connectivity index (χ0n) is 10.8. The average Bonchev–Trinajstić information content (AvgIpc) is 2.43. The molecule has 0 saturated carbocycles. The van der Waals surface area contributed by atoms with Gasteiger partial charge < -0.3 is 15.8 Å². The lowest BCUT2D eigenvalue weighted by Gasteiger charge is -2.08. The summed E-state index contributed by atoms with van der Waals surface area (Å²) in [4.78, 5) is 11.7. The Bertz CT molecular complexity index is 585. The molecular weight excluding hydrogens is 367 g/mol. The quantitative estimate of drug-likeness (QED) is 0.616. The molecule has 0 atom stereocenters. The molecule has 3 N–H and O–H groups in total. The van der Waals surface area contributed by atoms with Crippen molar-refractivity contribution in [1.82, 2.24) is 0 Å². The summed E-state index contributed by atoms with van der Waals surface area (Å²) in [5, 5.41) is 2.79. The number of anilines is 2. The van der Waals surface area contributed by atoms with Crippen LogP contribution in [-0.4, -0.2) is 12.5 Å². The van der Waals surface area contributed by atoms with Gasteiger partial charge in [0.25, 0.3) is 0 Å². The first-order valence-electron chi connectivity index (χ1n) is 6.18. The lowest BCUT2D eigenvalue weighted by molar-refractivity contribution is -0.116. The summed E-state index contributed by atoms with van der Waals surface area (Å²) in [6.45, 7) is 0.348. The van der Waals surface area contributed by atoms with Gasteiger partial charge in [-0.25, -0.2) is 0 Å². The van der Waals surface area contributed by atoms with E-state index in [1.165, 1.54) is 0 Å². The largest absolute Gasteiger partial charge is 0.492 e. The number of nitrogens with one attached hydrogen (secondary N) is 1. The molecule has 104 valence electrons. The van der Waals surface area contributed by atoms with Crippen molar-refractivity contribution in [2.24, 2.45) is 0 Å². The van der Waals surface area contributed by atoms with E-state index in [2.05, 4.69) is 27.9 Å². The molecule has 0 bridgehead atoms. The fourth-order valence-electron chi connectivity index (χ4n) is 1.61. The molecule has 0 spiro atoms. The number of rotatable bonds is 5. The number of ether oxygens (including phenoxy) is 1. The third-order valence-corrected chi connectivity index (χ3v) is 3.51. The maximum absolute atomic E-state index is 11.7. The van der Waals surface area contributed by atoms with Crippen molar-refractivity contribution < 1.29 is 9.53 Å². The summed E-state index contributed by atoms with van der Waals surface area (Å²) in [5.74, 6) is 0.717. The predicted molar refractivity (Wildman–Crippen MR) is 88.8 cm³/mol. The van der Waals surface area contributed by atoms with E-state index in [0.29, 0.717) is 18.7 Å². The first kappa shape index (κ1) is 14.6. The number of para-hydroxylation sites is 1. The molecule has 0 aromatic heterocycles. The van der Waals surface area contributed by atoms with Crippen molar-refractivity contribution in [2.45, 2.75) is 6.42 Å². The number of hydrogen-bond donors (Lipinski definition) is 2. The Morgan fingerprint density at radius 1 is 1.15 bits per heavy atom. The summed E-state index contributed by atoms with van der Waals surface area (Å²) >= 11 is 2.20. The number of nitrogen functional groups attached to an aromatic ring is 1. The molecule has 2 rings (SSSR count). The second-order valence-electron chi connectivity index (χ2n) is 4.20. The summed E-state index contributed by atoms with van der Waals surface area (Å²) in [5.41, 5.74) is 6.99. The van der Waals surface area contributed by atoms with E-state index in [1.54, 1.807) is 24.3 Å². The number of benzene rings is 2. The Balaban J connectivity index is 1.78. The van der Waals surface area contributed by atoms with Crippen LogP contribution in [-0.2, 0) is 4.79 Å². The van der Waals surface area contributed by atoms with Crippen LogP contribution in [0.15, 0.2) is 48.5 Å². The molecule has 20 heavy (non-hydrogen) atoms. The predicted octanol–water partition coefficient (Wildman–Crippen LogP) is 3.28. The molecule has 4 nitrogen and oxygen atoms in total. The van der Waals surface area contributed by atoms with Gasteiger partial charge in [-0.2, -0.15) is 0 Å². The number of halogens is 1. The summed E-state index contributed by atoms with van der Waals surface area (Å²) < 4.78 is 6.61. The van der Waals surface area contributed by atoms with Crippen molar-refractivity contribution in [3.05, 3.63) is 52.1 Å². The number of carbonyl (C=O) groups is 1. The number of carbonyl (C=O) groups excluding carboxylic acids is 1. The zero-order chi connectivity index (χ0) is 14.4. The van der Waals surface area contributed by atoms with Gasteiger partial charge in [0.1, 0.15) is 5.75 Å². The van der Waals surface area contributed by atoms with Crippen LogP contribution in [0.1, 0.15) is 6.42 Å². The van der Waals surface area contributed by atoms with Gasteiger partial charge in [0, 0.05) is 11.4 Å². The number of amides is 1. The highest BCUT2D eigenvalue weighted by Gasteiger charge is 2.04. The fraction of sp³-hybridized carbons (Fsp3) is 0.133. The molecule has 0 aliphatic carbocycles. The number of hydrogen-bond acceptors (Lipinski definition) is 3. The van der Waals surface area contributed by atoms with Crippen molar-refractivity contribution >= 4 is 39.9 Å². The lowest BCUT2D eigenvalue weighted by atomic mass is 10.3. The monoisotopic (exact) mass is 382 g/mol. The van der Waals surface area contributed by atoms with Crippen molar-refractivity contribution in [3.63, 3.8) is 0 Å². The second kappa shape index (κ2) is 7.14. The van der Waals surface area contributed by atoms with E-state index in [9.17, 15) is 4.79 Å². The Morgan fingerprint density at radius 3 is 2.55 bits per heavy atom. The highest BCUT2D eigenvalue weighted by Crippen LogP contribution is 2.19. The van der Waals surface area contributed by atoms with Crippen LogP contribution in [0.4, 0.5) is 11.4 Å². The minimum absolute atomic E-state index is 0.0827. The first-order chi connectivity index (χ1) is 9.65. The molecule has 0 aliphatic rings. The molecule has 1 amide bonds. The van der Waals surface area contributed by atoms with Crippen molar-refractivity contribution in [2.75, 3.05) is 17.7 Å². The van der Waals surface area contributed by atoms with Gasteiger partial charge in [-0.1, -0.05) is 12.1 Å². The van der Waals surface area contributed by atoms with Gasteiger partial charge in [-0.3, -0.25) is 4.79 Å². The van der Waals surface area contributed by atoms with Gasteiger partial charge in [-0.15, -0.1) is 0 Å². The third kappa shape index (κ3) is 4.41. The van der Waals surface area contributed by atoms with Crippen LogP contribution >= 0.6 is 22.6 Å². The Hall–Kier alpha value is -1.76. The molecule has 0 aliphatic heterocycles. The van der Waals surface area contributed by atoms with E-state index < -0.39 is 0 Å². The molecular formula is C15H15IN2O2. The smallest absolute Gasteiger partial charge is 0.227 e. The standard InChI is InChI=1S/C15H15IN2O2/c16-13-3-1-2-4-14(13)20-10-9-15(19)18-12-7-5-11(17)6-8-12/h1-8H,9-10,17H2,(H,18,19). The summed E-state index contributed by atoms with van der Waals surface area (Å²) in [6.07, 6.45) is 0.301. The summed E-state index contributed by atoms with van der Waals surface area (Å²) in [6, 6.07) is 14.7. The maximum atomic E-state index is 11.7. The minimum Gasteiger partial charge on any atom is -0.492 e. The van der Waals surface area contributed by atoms with E-state index in [-0.39, 0.29) is 5.91 Å². The Labute approximate surface area is 131 Å². The van der Waals surface area contributed by atoms with E-state index >= 15 is 0 Å².